The highest BCUT2D eigenvalue weighted by atomic mass is 16.5. The van der Waals surface area contributed by atoms with Crippen molar-refractivity contribution in [2.45, 2.75) is 46.3 Å². The average molecular weight is 334 g/mol. The van der Waals surface area contributed by atoms with E-state index in [2.05, 4.69) is 67.3 Å². The van der Waals surface area contributed by atoms with Gasteiger partial charge in [0.2, 0.25) is 0 Å². The first-order valence-corrected chi connectivity index (χ1v) is 8.82. The molecule has 0 fully saturated rings. The van der Waals surface area contributed by atoms with Crippen molar-refractivity contribution in [1.82, 2.24) is 10.1 Å². The van der Waals surface area contributed by atoms with Crippen LogP contribution in [0.25, 0.3) is 5.69 Å². The first-order valence-electron chi connectivity index (χ1n) is 8.82. The lowest BCUT2D eigenvalue weighted by molar-refractivity contribution is -0.658. The van der Waals surface area contributed by atoms with Crippen LogP contribution in [0.3, 0.4) is 0 Å². The fraction of sp³-hybridized carbons (Fsp3) is 0.333. The number of rotatable bonds is 4. The first kappa shape index (κ1) is 16.0. The molecular formula is C21H24N3O+. The third-order valence-corrected chi connectivity index (χ3v) is 4.92. The van der Waals surface area contributed by atoms with Crippen LogP contribution in [0.5, 0.6) is 0 Å². The van der Waals surface area contributed by atoms with Crippen molar-refractivity contribution in [2.75, 3.05) is 0 Å². The van der Waals surface area contributed by atoms with Crippen LogP contribution in [-0.2, 0) is 24.2 Å². The third-order valence-electron chi connectivity index (χ3n) is 4.92. The van der Waals surface area contributed by atoms with Crippen molar-refractivity contribution in [1.29, 1.82) is 0 Å². The predicted molar refractivity (Wildman–Crippen MR) is 96.8 cm³/mol. The van der Waals surface area contributed by atoms with E-state index in [4.69, 9.17) is 4.74 Å². The van der Waals surface area contributed by atoms with Crippen LogP contribution < -0.4 is 4.68 Å². The molecule has 4 heteroatoms. The van der Waals surface area contributed by atoms with E-state index in [0.29, 0.717) is 6.61 Å². The van der Waals surface area contributed by atoms with Gasteiger partial charge in [0.1, 0.15) is 6.61 Å². The van der Waals surface area contributed by atoms with Gasteiger partial charge in [0.05, 0.1) is 6.10 Å². The summed E-state index contributed by atoms with van der Waals surface area (Å²) < 4.78 is 8.09. The quantitative estimate of drug-likeness (QED) is 0.744. The molecule has 4 rings (SSSR count). The van der Waals surface area contributed by atoms with Crippen LogP contribution in [0.1, 0.15) is 33.6 Å². The molecule has 3 aromatic rings. The van der Waals surface area contributed by atoms with E-state index in [9.17, 15) is 0 Å². The van der Waals surface area contributed by atoms with Gasteiger partial charge >= 0.3 is 6.33 Å². The maximum Gasteiger partial charge on any atom is 0.312 e. The number of aryl methyl sites for hydroxylation is 3. The Bertz CT molecular complexity index is 865. The lowest BCUT2D eigenvalue weighted by Crippen LogP contribution is -2.34. The SMILES string of the molecule is Cc1cc(C)c(-[n+]2cnc(COC3Cc4ccccc4C3)[nH]2)c(C)c1. The van der Waals surface area contributed by atoms with Crippen molar-refractivity contribution in [3.63, 3.8) is 0 Å². The van der Waals surface area contributed by atoms with E-state index in [1.165, 1.54) is 27.8 Å². The molecule has 0 spiro atoms. The molecule has 0 saturated carbocycles. The van der Waals surface area contributed by atoms with Gasteiger partial charge in [-0.15, -0.1) is 4.68 Å². The maximum absolute atomic E-state index is 6.09. The molecule has 2 aromatic carbocycles. The van der Waals surface area contributed by atoms with Crippen LogP contribution in [0.2, 0.25) is 0 Å². The van der Waals surface area contributed by atoms with Gasteiger partial charge in [0, 0.05) is 0 Å². The number of fused-ring (bicyclic) bond motifs is 1. The highest BCUT2D eigenvalue weighted by Gasteiger charge is 2.23. The van der Waals surface area contributed by atoms with Crippen molar-refractivity contribution in [3.05, 3.63) is 76.4 Å². The zero-order chi connectivity index (χ0) is 17.4. The van der Waals surface area contributed by atoms with Gasteiger partial charge in [-0.2, -0.15) is 5.10 Å². The summed E-state index contributed by atoms with van der Waals surface area (Å²) in [5.41, 5.74) is 7.75. The lowest BCUT2D eigenvalue weighted by Gasteiger charge is -2.08. The number of hydrogen-bond donors (Lipinski definition) is 1. The molecule has 0 saturated heterocycles. The Labute approximate surface area is 148 Å². The Kier molecular flexibility index (Phi) is 4.14. The van der Waals surface area contributed by atoms with Crippen LogP contribution in [0, 0.1) is 20.8 Å². The van der Waals surface area contributed by atoms with E-state index in [1.54, 1.807) is 0 Å². The lowest BCUT2D eigenvalue weighted by atomic mass is 10.1. The number of aromatic amines is 1. The first-order chi connectivity index (χ1) is 12.1. The summed E-state index contributed by atoms with van der Waals surface area (Å²) in [6.45, 7) is 6.90. The van der Waals surface area contributed by atoms with Gasteiger partial charge < -0.3 is 4.74 Å². The van der Waals surface area contributed by atoms with Gasteiger partial charge in [0.25, 0.3) is 5.82 Å². The van der Waals surface area contributed by atoms with Crippen LogP contribution in [-0.4, -0.2) is 16.2 Å². The summed E-state index contributed by atoms with van der Waals surface area (Å²) in [5.74, 6) is 0.857. The minimum Gasteiger partial charge on any atom is -0.367 e. The Morgan fingerprint density at radius 2 is 1.72 bits per heavy atom. The number of nitrogens with zero attached hydrogens (tertiary/aromatic N) is 2. The summed E-state index contributed by atoms with van der Waals surface area (Å²) in [4.78, 5) is 4.49. The van der Waals surface area contributed by atoms with Gasteiger partial charge in [0.15, 0.2) is 5.69 Å². The van der Waals surface area contributed by atoms with Crippen molar-refractivity contribution in [2.24, 2.45) is 0 Å². The van der Waals surface area contributed by atoms with Crippen LogP contribution >= 0.6 is 0 Å². The molecule has 0 amide bonds. The molecule has 1 N–H and O–H groups in total. The molecule has 4 nitrogen and oxygen atoms in total. The minimum atomic E-state index is 0.249. The second-order valence-electron chi connectivity index (χ2n) is 7.03. The summed E-state index contributed by atoms with van der Waals surface area (Å²) in [6.07, 6.45) is 4.08. The third kappa shape index (κ3) is 3.22. The largest absolute Gasteiger partial charge is 0.367 e. The molecule has 25 heavy (non-hydrogen) atoms. The van der Waals surface area contributed by atoms with E-state index in [0.717, 1.165) is 24.4 Å². The molecule has 0 atom stereocenters. The second-order valence-corrected chi connectivity index (χ2v) is 7.03. The van der Waals surface area contributed by atoms with E-state index >= 15 is 0 Å². The topological polar surface area (TPSA) is 41.8 Å². The summed E-state index contributed by atoms with van der Waals surface area (Å²) in [6, 6.07) is 13.0. The number of benzene rings is 2. The summed E-state index contributed by atoms with van der Waals surface area (Å²) in [7, 11) is 0. The molecule has 0 bridgehead atoms. The Morgan fingerprint density at radius 3 is 2.36 bits per heavy atom. The highest BCUT2D eigenvalue weighted by molar-refractivity contribution is 5.42. The smallest absolute Gasteiger partial charge is 0.312 e. The molecule has 1 heterocycles. The van der Waals surface area contributed by atoms with Crippen molar-refractivity contribution in [3.8, 4) is 5.69 Å². The van der Waals surface area contributed by atoms with Gasteiger partial charge in [-0.05, 0) is 60.9 Å². The monoisotopic (exact) mass is 334 g/mol. The predicted octanol–water partition coefficient (Wildman–Crippen LogP) is 3.30. The summed E-state index contributed by atoms with van der Waals surface area (Å²) >= 11 is 0. The normalized spacial score (nSPS) is 14.0. The molecular weight excluding hydrogens is 310 g/mol. The van der Waals surface area contributed by atoms with Gasteiger partial charge in [-0.25, -0.2) is 0 Å². The standard InChI is InChI=1S/C21H23N3O/c1-14-8-15(2)21(16(3)9-14)24-13-22-20(23-24)12-25-19-10-17-6-4-5-7-18(17)11-19/h4-9,13,19H,10-12H2,1-3H3/p+1. The molecule has 1 aliphatic rings. The number of hydrogen-bond acceptors (Lipinski definition) is 2. The molecule has 0 aliphatic heterocycles. The zero-order valence-corrected chi connectivity index (χ0v) is 15.0. The summed E-state index contributed by atoms with van der Waals surface area (Å²) in [5, 5.41) is 3.36. The van der Waals surface area contributed by atoms with Gasteiger partial charge in [-0.1, -0.05) is 42.0 Å². The van der Waals surface area contributed by atoms with Gasteiger partial charge in [-0.3, -0.25) is 0 Å². The molecule has 0 unspecified atom stereocenters. The van der Waals surface area contributed by atoms with Crippen LogP contribution in [0.15, 0.2) is 42.7 Å². The molecule has 128 valence electrons. The Balaban J connectivity index is 1.45. The van der Waals surface area contributed by atoms with Crippen LogP contribution in [0.4, 0.5) is 0 Å². The fourth-order valence-corrected chi connectivity index (χ4v) is 3.89. The Morgan fingerprint density at radius 1 is 1.08 bits per heavy atom. The van der Waals surface area contributed by atoms with E-state index < -0.39 is 0 Å². The highest BCUT2D eigenvalue weighted by Crippen LogP contribution is 2.24. The number of aromatic nitrogens is 3. The maximum atomic E-state index is 6.09. The van der Waals surface area contributed by atoms with Crippen molar-refractivity contribution < 1.29 is 9.42 Å². The number of ether oxygens (including phenoxy) is 1. The molecule has 1 aliphatic carbocycles. The number of H-pyrrole nitrogens is 1. The van der Waals surface area contributed by atoms with E-state index in [1.807, 2.05) is 11.0 Å². The molecule has 0 radical (unpaired) electrons. The molecule has 1 aromatic heterocycles. The van der Waals surface area contributed by atoms with E-state index in [-0.39, 0.29) is 6.10 Å². The fourth-order valence-electron chi connectivity index (χ4n) is 3.89. The second kappa shape index (κ2) is 6.45. The van der Waals surface area contributed by atoms with Crippen molar-refractivity contribution >= 4 is 0 Å². The zero-order valence-electron chi connectivity index (χ0n) is 15.0. The Hall–Kier alpha value is -2.46. The minimum absolute atomic E-state index is 0.249. The average Bonchev–Trinajstić information content (AvgIpc) is 3.18. The number of nitrogens with one attached hydrogen (secondary N) is 1.